The molecule has 0 aromatic carbocycles. The number of hydrogen-bond donors (Lipinski definition) is 1. The SMILES string of the molecule is CC(C)Cn1ccc(N)c1. The number of nitrogens with two attached hydrogens (primary N) is 1. The van der Waals surface area contributed by atoms with Crippen LogP contribution >= 0.6 is 0 Å². The van der Waals surface area contributed by atoms with Crippen molar-refractivity contribution >= 4 is 5.69 Å². The molecule has 0 aliphatic heterocycles. The molecule has 0 bridgehead atoms. The van der Waals surface area contributed by atoms with E-state index in [4.69, 9.17) is 5.73 Å². The predicted octanol–water partition coefficient (Wildman–Crippen LogP) is 1.73. The molecule has 2 nitrogen and oxygen atoms in total. The Hall–Kier alpha value is -0.920. The van der Waals surface area contributed by atoms with Crippen molar-refractivity contribution in [3.63, 3.8) is 0 Å². The highest BCUT2D eigenvalue weighted by Crippen LogP contribution is 2.05. The Labute approximate surface area is 61.7 Å². The minimum Gasteiger partial charge on any atom is -0.398 e. The van der Waals surface area contributed by atoms with Gasteiger partial charge in [-0.1, -0.05) is 13.8 Å². The summed E-state index contributed by atoms with van der Waals surface area (Å²) >= 11 is 0. The normalized spacial score (nSPS) is 10.7. The maximum absolute atomic E-state index is 5.53. The van der Waals surface area contributed by atoms with E-state index in [9.17, 15) is 0 Å². The Kier molecular flexibility index (Phi) is 2.00. The van der Waals surface area contributed by atoms with E-state index in [-0.39, 0.29) is 0 Å². The molecule has 0 aliphatic carbocycles. The Bertz CT molecular complexity index is 201. The van der Waals surface area contributed by atoms with Crippen LogP contribution in [-0.4, -0.2) is 4.57 Å². The molecule has 0 atom stereocenters. The van der Waals surface area contributed by atoms with E-state index in [0.29, 0.717) is 5.92 Å². The molecule has 2 N–H and O–H groups in total. The first-order chi connectivity index (χ1) is 4.68. The fourth-order valence-electron chi connectivity index (χ4n) is 0.995. The van der Waals surface area contributed by atoms with Crippen molar-refractivity contribution in [1.29, 1.82) is 0 Å². The lowest BCUT2D eigenvalue weighted by atomic mass is 10.2. The van der Waals surface area contributed by atoms with Gasteiger partial charge in [-0.05, 0) is 12.0 Å². The zero-order chi connectivity index (χ0) is 7.56. The monoisotopic (exact) mass is 138 g/mol. The maximum atomic E-state index is 5.53. The van der Waals surface area contributed by atoms with Gasteiger partial charge in [0.05, 0.1) is 0 Å². The summed E-state index contributed by atoms with van der Waals surface area (Å²) < 4.78 is 2.11. The third-order valence-corrected chi connectivity index (χ3v) is 1.35. The molecule has 0 saturated carbocycles. The van der Waals surface area contributed by atoms with E-state index in [1.54, 1.807) is 0 Å². The van der Waals surface area contributed by atoms with Gasteiger partial charge in [0.2, 0.25) is 0 Å². The minimum atomic E-state index is 0.687. The highest BCUT2D eigenvalue weighted by Gasteiger charge is 1.94. The molecule has 1 rings (SSSR count). The second-order valence-electron chi connectivity index (χ2n) is 3.04. The van der Waals surface area contributed by atoms with Crippen LogP contribution in [-0.2, 0) is 6.54 Å². The van der Waals surface area contributed by atoms with Gasteiger partial charge in [-0.2, -0.15) is 0 Å². The molecular weight excluding hydrogens is 124 g/mol. The molecule has 0 radical (unpaired) electrons. The predicted molar refractivity (Wildman–Crippen MR) is 43.7 cm³/mol. The van der Waals surface area contributed by atoms with E-state index in [2.05, 4.69) is 18.4 Å². The van der Waals surface area contributed by atoms with Crippen LogP contribution in [0.4, 0.5) is 5.69 Å². The Morgan fingerprint density at radius 2 is 2.30 bits per heavy atom. The highest BCUT2D eigenvalue weighted by atomic mass is 14.9. The zero-order valence-corrected chi connectivity index (χ0v) is 6.54. The van der Waals surface area contributed by atoms with Crippen molar-refractivity contribution in [2.75, 3.05) is 5.73 Å². The van der Waals surface area contributed by atoms with Crippen molar-refractivity contribution in [2.24, 2.45) is 5.92 Å². The van der Waals surface area contributed by atoms with E-state index in [0.717, 1.165) is 12.2 Å². The second kappa shape index (κ2) is 2.78. The summed E-state index contributed by atoms with van der Waals surface area (Å²) in [5.74, 6) is 0.687. The molecule has 0 amide bonds. The molecule has 1 aromatic heterocycles. The van der Waals surface area contributed by atoms with Gasteiger partial charge in [-0.25, -0.2) is 0 Å². The number of aromatic nitrogens is 1. The average Bonchev–Trinajstić information content (AvgIpc) is 2.13. The highest BCUT2D eigenvalue weighted by molar-refractivity contribution is 5.34. The molecule has 0 aliphatic rings. The molecule has 56 valence electrons. The molecule has 0 spiro atoms. The van der Waals surface area contributed by atoms with E-state index in [1.165, 1.54) is 0 Å². The molecule has 0 unspecified atom stereocenters. The van der Waals surface area contributed by atoms with Gasteiger partial charge in [-0.3, -0.25) is 0 Å². The Morgan fingerprint density at radius 1 is 1.60 bits per heavy atom. The summed E-state index contributed by atoms with van der Waals surface area (Å²) in [6, 6.07) is 1.92. The summed E-state index contributed by atoms with van der Waals surface area (Å²) in [7, 11) is 0. The number of anilines is 1. The number of nitrogens with zero attached hydrogens (tertiary/aromatic N) is 1. The van der Waals surface area contributed by atoms with Crippen LogP contribution in [0.2, 0.25) is 0 Å². The van der Waals surface area contributed by atoms with Crippen LogP contribution < -0.4 is 5.73 Å². The zero-order valence-electron chi connectivity index (χ0n) is 6.54. The third kappa shape index (κ3) is 1.79. The van der Waals surface area contributed by atoms with Gasteiger partial charge in [0, 0.05) is 24.6 Å². The van der Waals surface area contributed by atoms with Crippen molar-refractivity contribution in [2.45, 2.75) is 20.4 Å². The van der Waals surface area contributed by atoms with Crippen molar-refractivity contribution in [3.8, 4) is 0 Å². The van der Waals surface area contributed by atoms with Crippen molar-refractivity contribution < 1.29 is 0 Å². The largest absolute Gasteiger partial charge is 0.398 e. The number of rotatable bonds is 2. The standard InChI is InChI=1S/C8H14N2/c1-7(2)5-10-4-3-8(9)6-10/h3-4,6-7H,5,9H2,1-2H3. The fourth-order valence-corrected chi connectivity index (χ4v) is 0.995. The van der Waals surface area contributed by atoms with Crippen LogP contribution in [0.15, 0.2) is 18.5 Å². The second-order valence-corrected chi connectivity index (χ2v) is 3.04. The van der Waals surface area contributed by atoms with Gasteiger partial charge >= 0.3 is 0 Å². The molecule has 2 heteroatoms. The summed E-state index contributed by atoms with van der Waals surface area (Å²) in [4.78, 5) is 0. The smallest absolute Gasteiger partial charge is 0.0493 e. The van der Waals surface area contributed by atoms with Gasteiger partial charge in [0.1, 0.15) is 0 Å². The summed E-state index contributed by atoms with van der Waals surface area (Å²) in [5, 5.41) is 0. The Balaban J connectivity index is 2.58. The molecule has 0 fully saturated rings. The quantitative estimate of drug-likeness (QED) is 0.663. The summed E-state index contributed by atoms with van der Waals surface area (Å²) in [5.41, 5.74) is 6.38. The van der Waals surface area contributed by atoms with Gasteiger partial charge < -0.3 is 10.3 Å². The molecular formula is C8H14N2. The van der Waals surface area contributed by atoms with Crippen molar-refractivity contribution in [1.82, 2.24) is 4.57 Å². The average molecular weight is 138 g/mol. The number of hydrogen-bond acceptors (Lipinski definition) is 1. The van der Waals surface area contributed by atoms with Crippen molar-refractivity contribution in [3.05, 3.63) is 18.5 Å². The third-order valence-electron chi connectivity index (χ3n) is 1.35. The van der Waals surface area contributed by atoms with Crippen LogP contribution in [0.3, 0.4) is 0 Å². The van der Waals surface area contributed by atoms with Crippen LogP contribution in [0, 0.1) is 5.92 Å². The number of nitrogen functional groups attached to an aromatic ring is 1. The van der Waals surface area contributed by atoms with Crippen LogP contribution in [0.1, 0.15) is 13.8 Å². The summed E-state index contributed by atoms with van der Waals surface area (Å²) in [6.45, 7) is 5.43. The van der Waals surface area contributed by atoms with E-state index < -0.39 is 0 Å². The molecule has 1 heterocycles. The van der Waals surface area contributed by atoms with Gasteiger partial charge in [0.15, 0.2) is 0 Å². The fraction of sp³-hybridized carbons (Fsp3) is 0.500. The van der Waals surface area contributed by atoms with E-state index >= 15 is 0 Å². The lowest BCUT2D eigenvalue weighted by Crippen LogP contribution is -2.00. The first-order valence-corrected chi connectivity index (χ1v) is 3.59. The lowest BCUT2D eigenvalue weighted by Gasteiger charge is -2.04. The molecule has 0 saturated heterocycles. The molecule has 10 heavy (non-hydrogen) atoms. The topological polar surface area (TPSA) is 30.9 Å². The van der Waals surface area contributed by atoms with Crippen LogP contribution in [0.25, 0.3) is 0 Å². The first-order valence-electron chi connectivity index (χ1n) is 3.59. The van der Waals surface area contributed by atoms with E-state index in [1.807, 2.05) is 18.5 Å². The van der Waals surface area contributed by atoms with Gasteiger partial charge in [-0.15, -0.1) is 0 Å². The Morgan fingerprint density at radius 3 is 2.70 bits per heavy atom. The minimum absolute atomic E-state index is 0.687. The lowest BCUT2D eigenvalue weighted by molar-refractivity contribution is 0.525. The maximum Gasteiger partial charge on any atom is 0.0493 e. The van der Waals surface area contributed by atoms with Crippen LogP contribution in [0.5, 0.6) is 0 Å². The molecule has 1 aromatic rings. The van der Waals surface area contributed by atoms with Gasteiger partial charge in [0.25, 0.3) is 0 Å². The first kappa shape index (κ1) is 7.19. The summed E-state index contributed by atoms with van der Waals surface area (Å²) in [6.07, 6.45) is 3.97.